The van der Waals surface area contributed by atoms with Gasteiger partial charge in [0.15, 0.2) is 0 Å². The topological polar surface area (TPSA) is 51.2 Å². The van der Waals surface area contributed by atoms with Crippen LogP contribution < -0.4 is 0 Å². The summed E-state index contributed by atoms with van der Waals surface area (Å²) >= 11 is 0. The minimum absolute atomic E-state index is 0.0463. The van der Waals surface area contributed by atoms with E-state index < -0.39 is 12.5 Å². The number of alkyl halides is 2. The molecule has 28 heavy (non-hydrogen) atoms. The molecule has 172 valence electrons. The predicted molar refractivity (Wildman–Crippen MR) is 111 cm³/mol. The highest BCUT2D eigenvalue weighted by molar-refractivity contribution is 4.84. The second-order valence-electron chi connectivity index (χ2n) is 6.19. The number of methoxy groups -OCH3 is 1. The molecule has 2 rings (SSSR count). The van der Waals surface area contributed by atoms with Crippen LogP contribution in [0, 0.1) is 0 Å². The molecule has 2 fully saturated rings. The van der Waals surface area contributed by atoms with Crippen LogP contribution in [0.15, 0.2) is 0 Å². The molecule has 1 aliphatic carbocycles. The van der Waals surface area contributed by atoms with Gasteiger partial charge in [0.25, 0.3) is 5.92 Å². The zero-order valence-electron chi connectivity index (χ0n) is 19.2. The number of likely N-dealkylation sites (tertiary alicyclic amines) is 1. The summed E-state index contributed by atoms with van der Waals surface area (Å²) in [6.45, 7) is 12.0. The third kappa shape index (κ3) is 13.0. The van der Waals surface area contributed by atoms with E-state index in [4.69, 9.17) is 19.3 Å². The molecule has 0 aromatic heterocycles. The van der Waals surface area contributed by atoms with E-state index in [-0.39, 0.29) is 32.0 Å². The van der Waals surface area contributed by atoms with Crippen molar-refractivity contribution in [3.8, 4) is 0 Å². The van der Waals surface area contributed by atoms with Gasteiger partial charge in [-0.05, 0) is 25.7 Å². The summed E-state index contributed by atoms with van der Waals surface area (Å²) < 4.78 is 43.3. The molecule has 0 unspecified atom stereocenters. The van der Waals surface area contributed by atoms with Gasteiger partial charge in [-0.25, -0.2) is 8.78 Å². The Morgan fingerprint density at radius 2 is 1.46 bits per heavy atom. The van der Waals surface area contributed by atoms with Crippen LogP contribution in [-0.2, 0) is 14.2 Å². The second kappa shape index (κ2) is 18.7. The molecule has 0 bridgehead atoms. The molecule has 5 nitrogen and oxygen atoms in total. The Kier molecular flexibility index (Phi) is 19.9. The molecule has 7 heteroatoms. The zero-order chi connectivity index (χ0) is 22.0. The van der Waals surface area contributed by atoms with Crippen LogP contribution in [0.4, 0.5) is 8.78 Å². The smallest absolute Gasteiger partial charge is 0.283 e. The Hall–Kier alpha value is -0.340. The minimum Gasteiger partial charge on any atom is -0.394 e. The lowest BCUT2D eigenvalue weighted by atomic mass is 9.91. The van der Waals surface area contributed by atoms with E-state index in [9.17, 15) is 8.78 Å². The molecule has 2 aliphatic rings. The van der Waals surface area contributed by atoms with Gasteiger partial charge in [0.2, 0.25) is 0 Å². The Bertz CT molecular complexity index is 322. The van der Waals surface area contributed by atoms with Crippen molar-refractivity contribution in [2.75, 3.05) is 46.6 Å². The van der Waals surface area contributed by atoms with E-state index in [0.29, 0.717) is 19.2 Å². The fourth-order valence-electron chi connectivity index (χ4n) is 2.96. The molecule has 0 aromatic rings. The fourth-order valence-corrected chi connectivity index (χ4v) is 2.96. The molecule has 0 amide bonds. The molecule has 0 spiro atoms. The normalized spacial score (nSPS) is 22.5. The first-order valence-corrected chi connectivity index (χ1v) is 11.0. The summed E-state index contributed by atoms with van der Waals surface area (Å²) in [5.41, 5.74) is 0. The van der Waals surface area contributed by atoms with Gasteiger partial charge in [-0.1, -0.05) is 41.5 Å². The van der Waals surface area contributed by atoms with Crippen molar-refractivity contribution in [3.05, 3.63) is 0 Å². The van der Waals surface area contributed by atoms with Gasteiger partial charge in [-0.3, -0.25) is 4.90 Å². The standard InChI is InChI=1S/C15H27F2NO4.3C2H6/c1-20-13-8-14(9-13)22-12-2-4-18(5-3-12)10-15(16,17)11-21-7-6-19;3*1-2/h12-14,19H,2-11H2,1H3;3*1-2H3. The van der Waals surface area contributed by atoms with Gasteiger partial charge >= 0.3 is 0 Å². The van der Waals surface area contributed by atoms with Crippen LogP contribution in [0.2, 0.25) is 0 Å². The molecule has 1 heterocycles. The maximum absolute atomic E-state index is 13.7. The van der Waals surface area contributed by atoms with Crippen LogP contribution in [-0.4, -0.2) is 80.8 Å². The number of hydrogen-bond donors (Lipinski definition) is 1. The average Bonchev–Trinajstić information content (AvgIpc) is 2.70. The highest BCUT2D eigenvalue weighted by atomic mass is 19.3. The number of halogens is 2. The lowest BCUT2D eigenvalue weighted by Crippen LogP contribution is -2.47. The largest absolute Gasteiger partial charge is 0.394 e. The second-order valence-corrected chi connectivity index (χ2v) is 6.19. The number of rotatable bonds is 9. The van der Waals surface area contributed by atoms with Crippen molar-refractivity contribution < 1.29 is 28.1 Å². The van der Waals surface area contributed by atoms with Gasteiger partial charge in [-0.15, -0.1) is 0 Å². The predicted octanol–water partition coefficient (Wildman–Crippen LogP) is 4.37. The van der Waals surface area contributed by atoms with Crippen molar-refractivity contribution in [2.45, 2.75) is 91.5 Å². The first-order valence-electron chi connectivity index (χ1n) is 11.0. The van der Waals surface area contributed by atoms with Crippen molar-refractivity contribution >= 4 is 0 Å². The number of ether oxygens (including phenoxy) is 3. The molecule has 0 atom stereocenters. The van der Waals surface area contributed by atoms with Gasteiger partial charge in [0.1, 0.15) is 6.61 Å². The molecule has 1 saturated heterocycles. The number of aliphatic hydroxyl groups excluding tert-OH is 1. The third-order valence-electron chi connectivity index (χ3n) is 4.31. The van der Waals surface area contributed by atoms with Crippen LogP contribution >= 0.6 is 0 Å². The lowest BCUT2D eigenvalue weighted by Gasteiger charge is -2.39. The Balaban J connectivity index is 0. The molecule has 1 saturated carbocycles. The molecular weight excluding hydrogens is 368 g/mol. The minimum atomic E-state index is -2.87. The van der Waals surface area contributed by atoms with Gasteiger partial charge < -0.3 is 19.3 Å². The number of hydrogen-bond acceptors (Lipinski definition) is 5. The average molecular weight is 414 g/mol. The zero-order valence-corrected chi connectivity index (χ0v) is 19.2. The van der Waals surface area contributed by atoms with E-state index in [1.165, 1.54) is 0 Å². The van der Waals surface area contributed by atoms with Crippen molar-refractivity contribution in [3.63, 3.8) is 0 Å². The SMILES string of the molecule is CC.CC.CC.COC1CC(OC2CCN(CC(F)(F)COCCO)CC2)C1. The quantitative estimate of drug-likeness (QED) is 0.569. The molecule has 1 N–H and O–H groups in total. The first-order chi connectivity index (χ1) is 13.5. The number of aliphatic hydroxyl groups is 1. The highest BCUT2D eigenvalue weighted by Gasteiger charge is 2.36. The van der Waals surface area contributed by atoms with Crippen LogP contribution in [0.1, 0.15) is 67.2 Å². The van der Waals surface area contributed by atoms with Crippen molar-refractivity contribution in [1.29, 1.82) is 0 Å². The van der Waals surface area contributed by atoms with Crippen LogP contribution in [0.5, 0.6) is 0 Å². The van der Waals surface area contributed by atoms with Crippen molar-refractivity contribution in [2.24, 2.45) is 0 Å². The van der Waals surface area contributed by atoms with E-state index in [1.807, 2.05) is 41.5 Å². The van der Waals surface area contributed by atoms with Gasteiger partial charge in [-0.2, -0.15) is 0 Å². The van der Waals surface area contributed by atoms with Crippen molar-refractivity contribution in [1.82, 2.24) is 4.90 Å². The first kappa shape index (κ1) is 29.9. The summed E-state index contributed by atoms with van der Waals surface area (Å²) in [5, 5.41) is 8.54. The number of nitrogens with zero attached hydrogens (tertiary/aromatic N) is 1. The molecule has 1 aliphatic heterocycles. The lowest BCUT2D eigenvalue weighted by molar-refractivity contribution is -0.135. The maximum atomic E-state index is 13.7. The monoisotopic (exact) mass is 413 g/mol. The van der Waals surface area contributed by atoms with Crippen LogP contribution in [0.3, 0.4) is 0 Å². The van der Waals surface area contributed by atoms with E-state index in [2.05, 4.69) is 0 Å². The van der Waals surface area contributed by atoms with Gasteiger partial charge in [0.05, 0.1) is 38.1 Å². The maximum Gasteiger partial charge on any atom is 0.283 e. The highest BCUT2D eigenvalue weighted by Crippen LogP contribution is 2.29. The number of piperidine rings is 1. The van der Waals surface area contributed by atoms with Gasteiger partial charge in [0, 0.05) is 20.2 Å². The fraction of sp³-hybridized carbons (Fsp3) is 1.00. The van der Waals surface area contributed by atoms with E-state index in [0.717, 1.165) is 25.7 Å². The summed E-state index contributed by atoms with van der Waals surface area (Å²) in [4.78, 5) is 1.76. The Morgan fingerprint density at radius 3 is 1.93 bits per heavy atom. The van der Waals surface area contributed by atoms with E-state index in [1.54, 1.807) is 12.0 Å². The molecular formula is C21H45F2NO4. The summed E-state index contributed by atoms with van der Waals surface area (Å²) in [5.74, 6) is -2.87. The summed E-state index contributed by atoms with van der Waals surface area (Å²) in [6.07, 6.45) is 4.24. The van der Waals surface area contributed by atoms with E-state index >= 15 is 0 Å². The van der Waals surface area contributed by atoms with Crippen LogP contribution in [0.25, 0.3) is 0 Å². The summed E-state index contributed by atoms with van der Waals surface area (Å²) in [7, 11) is 1.71. The summed E-state index contributed by atoms with van der Waals surface area (Å²) in [6, 6.07) is 0. The Morgan fingerprint density at radius 1 is 0.929 bits per heavy atom. The molecule has 0 radical (unpaired) electrons. The molecule has 0 aromatic carbocycles. The Labute approximate surface area is 171 Å². The third-order valence-corrected chi connectivity index (χ3v) is 4.31.